The highest BCUT2D eigenvalue weighted by molar-refractivity contribution is 7.99. The fourth-order valence-corrected chi connectivity index (χ4v) is 2.89. The number of rotatable bonds is 6. The van der Waals surface area contributed by atoms with Gasteiger partial charge in [-0.05, 0) is 37.0 Å². The average Bonchev–Trinajstić information content (AvgIpc) is 2.62. The summed E-state index contributed by atoms with van der Waals surface area (Å²) >= 11 is 1.62. The lowest BCUT2D eigenvalue weighted by molar-refractivity contribution is -0.253. The Morgan fingerprint density at radius 1 is 1.38 bits per heavy atom. The molecule has 1 heterocycles. The minimum atomic E-state index is -4.55. The number of hydrogen-bond donors (Lipinski definition) is 0. The summed E-state index contributed by atoms with van der Waals surface area (Å²) < 4.78 is 59.4. The molecule has 0 spiro atoms. The Morgan fingerprint density at radius 2 is 2.04 bits per heavy atom. The predicted octanol–water partition coefficient (Wildman–Crippen LogP) is 3.87. The molecule has 26 heavy (non-hydrogen) atoms. The highest BCUT2D eigenvalue weighted by Gasteiger charge is 2.43. The maximum Gasteiger partial charge on any atom is 0.461 e. The third kappa shape index (κ3) is 5.38. The number of halogens is 4. The molecule has 1 fully saturated rings. The Morgan fingerprint density at radius 3 is 2.62 bits per heavy atom. The number of alkyl halides is 4. The first kappa shape index (κ1) is 20.6. The molecule has 1 aromatic rings. The third-order valence-electron chi connectivity index (χ3n) is 3.70. The fourth-order valence-electron chi connectivity index (χ4n) is 2.32. The van der Waals surface area contributed by atoms with Crippen LogP contribution in [0.1, 0.15) is 12.5 Å². The van der Waals surface area contributed by atoms with Crippen molar-refractivity contribution in [1.82, 2.24) is 4.90 Å². The average molecular weight is 393 g/mol. The number of hydrogen-bond acceptors (Lipinski definition) is 4. The molecule has 0 aromatic heterocycles. The van der Waals surface area contributed by atoms with Crippen LogP contribution in [0.15, 0.2) is 29.8 Å². The van der Waals surface area contributed by atoms with Crippen LogP contribution in [0.25, 0.3) is 6.08 Å². The molecule has 1 aliphatic rings. The number of ether oxygens (including phenoxy) is 2. The normalized spacial score (nSPS) is 19.0. The monoisotopic (exact) mass is 393 g/mol. The first-order valence-corrected chi connectivity index (χ1v) is 9.05. The van der Waals surface area contributed by atoms with Gasteiger partial charge in [0.1, 0.15) is 12.5 Å². The largest absolute Gasteiger partial charge is 0.461 e. The molecule has 9 heteroatoms. The first-order valence-electron chi connectivity index (χ1n) is 7.76. The van der Waals surface area contributed by atoms with E-state index in [4.69, 9.17) is 4.74 Å². The van der Waals surface area contributed by atoms with Gasteiger partial charge in [-0.3, -0.25) is 4.79 Å². The minimum Gasteiger partial charge on any atom is -0.428 e. The summed E-state index contributed by atoms with van der Waals surface area (Å²) in [6, 6.07) is 5.11. The maximum atomic E-state index is 12.9. The van der Waals surface area contributed by atoms with Crippen LogP contribution in [0.4, 0.5) is 17.6 Å². The molecule has 1 amide bonds. The summed E-state index contributed by atoms with van der Waals surface area (Å²) in [6.07, 6.45) is -4.93. The molecule has 0 radical (unpaired) electrons. The van der Waals surface area contributed by atoms with Crippen molar-refractivity contribution < 1.29 is 31.8 Å². The molecule has 0 saturated carbocycles. The molecule has 1 saturated heterocycles. The number of carbonyl (C=O) groups is 1. The van der Waals surface area contributed by atoms with E-state index >= 15 is 0 Å². The van der Waals surface area contributed by atoms with E-state index in [-0.39, 0.29) is 23.6 Å². The second-order valence-corrected chi connectivity index (χ2v) is 6.88. The fraction of sp³-hybridized carbons (Fsp3) is 0.471. The summed E-state index contributed by atoms with van der Waals surface area (Å²) in [5, 5.41) is 0.216. The highest BCUT2D eigenvalue weighted by atomic mass is 32.2. The second-order valence-electron chi connectivity index (χ2n) is 5.75. The molecular formula is C17H19F4NO3S. The van der Waals surface area contributed by atoms with Gasteiger partial charge in [-0.25, -0.2) is 0 Å². The van der Waals surface area contributed by atoms with Crippen molar-refractivity contribution >= 4 is 23.7 Å². The van der Waals surface area contributed by atoms with Crippen molar-refractivity contribution in [3.05, 3.63) is 35.4 Å². The van der Waals surface area contributed by atoms with E-state index < -0.39 is 12.5 Å². The van der Waals surface area contributed by atoms with E-state index in [1.165, 1.54) is 12.1 Å². The van der Waals surface area contributed by atoms with E-state index in [1.54, 1.807) is 29.7 Å². The highest BCUT2D eigenvalue weighted by Crippen LogP contribution is 2.28. The molecule has 0 aliphatic carbocycles. The van der Waals surface area contributed by atoms with Gasteiger partial charge in [0, 0.05) is 17.4 Å². The van der Waals surface area contributed by atoms with Crippen LogP contribution in [-0.4, -0.2) is 54.7 Å². The molecule has 4 nitrogen and oxygen atoms in total. The molecule has 2 rings (SSSR count). The summed E-state index contributed by atoms with van der Waals surface area (Å²) in [5.41, 5.74) is 1.00. The van der Waals surface area contributed by atoms with Crippen molar-refractivity contribution in [3.8, 4) is 5.75 Å². The van der Waals surface area contributed by atoms with Crippen LogP contribution in [0.5, 0.6) is 5.75 Å². The number of thioether (sulfide) groups is 1. The van der Waals surface area contributed by atoms with Crippen LogP contribution in [0.3, 0.4) is 0 Å². The van der Waals surface area contributed by atoms with E-state index in [9.17, 15) is 22.4 Å². The van der Waals surface area contributed by atoms with Crippen molar-refractivity contribution in [2.24, 2.45) is 0 Å². The summed E-state index contributed by atoms with van der Waals surface area (Å²) in [5.74, 6) is -0.572. The van der Waals surface area contributed by atoms with Gasteiger partial charge in [0.15, 0.2) is 0 Å². The zero-order valence-corrected chi connectivity index (χ0v) is 15.1. The van der Waals surface area contributed by atoms with Gasteiger partial charge in [-0.2, -0.15) is 29.3 Å². The van der Waals surface area contributed by atoms with Gasteiger partial charge in [-0.15, -0.1) is 0 Å². The Bertz CT molecular complexity index is 652. The van der Waals surface area contributed by atoms with Crippen molar-refractivity contribution in [1.29, 1.82) is 0 Å². The predicted molar refractivity (Wildman–Crippen MR) is 91.5 cm³/mol. The van der Waals surface area contributed by atoms with E-state index in [0.29, 0.717) is 24.3 Å². The Kier molecular flexibility index (Phi) is 6.94. The Hall–Kier alpha value is -1.74. The smallest absolute Gasteiger partial charge is 0.428 e. The topological polar surface area (TPSA) is 38.8 Å². The lowest BCUT2D eigenvalue weighted by Crippen LogP contribution is -2.44. The lowest BCUT2D eigenvalue weighted by Gasteiger charge is -2.32. The number of amides is 1. The summed E-state index contributed by atoms with van der Waals surface area (Å²) in [4.78, 5) is 14.0. The quantitative estimate of drug-likeness (QED) is 0.543. The third-order valence-corrected chi connectivity index (χ3v) is 4.66. The molecular weight excluding hydrogens is 374 g/mol. The van der Waals surface area contributed by atoms with Gasteiger partial charge in [0.25, 0.3) is 5.91 Å². The van der Waals surface area contributed by atoms with Crippen LogP contribution < -0.4 is 4.74 Å². The van der Waals surface area contributed by atoms with Gasteiger partial charge < -0.3 is 14.4 Å². The molecule has 0 N–H and O–H groups in total. The summed E-state index contributed by atoms with van der Waals surface area (Å²) in [6.45, 7) is 3.04. The van der Waals surface area contributed by atoms with Crippen LogP contribution in [-0.2, 0) is 9.53 Å². The van der Waals surface area contributed by atoms with Crippen molar-refractivity contribution in [2.45, 2.75) is 24.7 Å². The van der Waals surface area contributed by atoms with Gasteiger partial charge in [0.05, 0.1) is 6.61 Å². The lowest BCUT2D eigenvalue weighted by atomic mass is 10.1. The Labute approximate surface area is 153 Å². The van der Waals surface area contributed by atoms with Gasteiger partial charge in [0.2, 0.25) is 0 Å². The van der Waals surface area contributed by atoms with Crippen LogP contribution >= 0.6 is 11.8 Å². The standard InChI is InChI=1S/C17H19F4NO3S/c1-11(15(23)22-8-14(26-2)9-24-10-22)7-12-3-5-13(6-4-12)25-17(20,21)16(18)19/h3-7,14,16H,8-10H2,1-2H3. The molecule has 0 bridgehead atoms. The van der Waals surface area contributed by atoms with Gasteiger partial charge >= 0.3 is 12.5 Å². The molecule has 1 atom stereocenters. The van der Waals surface area contributed by atoms with E-state index in [0.717, 1.165) is 12.1 Å². The zero-order valence-electron chi connectivity index (χ0n) is 14.3. The molecule has 1 unspecified atom stereocenters. The minimum absolute atomic E-state index is 0.187. The van der Waals surface area contributed by atoms with Crippen LogP contribution in [0.2, 0.25) is 0 Å². The first-order chi connectivity index (χ1) is 12.2. The SMILES string of the molecule is CSC1COCN(C(=O)C(C)=Cc2ccc(OC(F)(F)C(F)F)cc2)C1. The molecule has 144 valence electrons. The Balaban J connectivity index is 2.03. The van der Waals surface area contributed by atoms with Crippen molar-refractivity contribution in [2.75, 3.05) is 26.1 Å². The number of carbonyl (C=O) groups excluding carboxylic acids is 1. The number of nitrogens with zero attached hydrogens (tertiary/aromatic N) is 1. The molecule has 1 aliphatic heterocycles. The van der Waals surface area contributed by atoms with Crippen molar-refractivity contribution in [3.63, 3.8) is 0 Å². The number of benzene rings is 1. The van der Waals surface area contributed by atoms with Crippen LogP contribution in [0, 0.1) is 0 Å². The maximum absolute atomic E-state index is 12.9. The zero-order chi connectivity index (χ0) is 19.3. The van der Waals surface area contributed by atoms with E-state index in [2.05, 4.69) is 4.74 Å². The van der Waals surface area contributed by atoms with E-state index in [1.807, 2.05) is 6.26 Å². The van der Waals surface area contributed by atoms with Gasteiger partial charge in [-0.1, -0.05) is 12.1 Å². The molecule has 1 aromatic carbocycles. The second kappa shape index (κ2) is 8.77. The summed E-state index contributed by atoms with van der Waals surface area (Å²) in [7, 11) is 0.